The molecule has 0 saturated carbocycles. The molecule has 0 aliphatic rings. The summed E-state index contributed by atoms with van der Waals surface area (Å²) < 4.78 is 5.76. The third kappa shape index (κ3) is 4.59. The number of benzene rings is 1. The molecule has 21 heavy (non-hydrogen) atoms. The molecular formula is C19H30O2. The van der Waals surface area contributed by atoms with Crippen LogP contribution in [0.1, 0.15) is 76.5 Å². The molecule has 2 heteroatoms. The second-order valence-corrected chi connectivity index (χ2v) is 7.03. The lowest BCUT2D eigenvalue weighted by atomic mass is 9.80. The number of ether oxygens (including phenoxy) is 1. The molecule has 2 nitrogen and oxygen atoms in total. The third-order valence-electron chi connectivity index (χ3n) is 4.05. The van der Waals surface area contributed by atoms with Crippen LogP contribution in [0.2, 0.25) is 0 Å². The SMILES string of the molecule is CCC(CCC(C)=O)c1cc(C)cc(C(C)(C)C)c1OC. The number of methoxy groups -OCH3 is 1. The largest absolute Gasteiger partial charge is 0.496 e. The first-order chi connectivity index (χ1) is 9.70. The highest BCUT2D eigenvalue weighted by Crippen LogP contribution is 2.40. The van der Waals surface area contributed by atoms with Crippen molar-refractivity contribution in [3.05, 3.63) is 28.8 Å². The van der Waals surface area contributed by atoms with E-state index in [1.54, 1.807) is 14.0 Å². The van der Waals surface area contributed by atoms with Gasteiger partial charge in [-0.15, -0.1) is 0 Å². The summed E-state index contributed by atoms with van der Waals surface area (Å²) in [6.07, 6.45) is 2.56. The predicted molar refractivity (Wildman–Crippen MR) is 89.4 cm³/mol. The van der Waals surface area contributed by atoms with E-state index in [1.165, 1.54) is 16.7 Å². The van der Waals surface area contributed by atoms with Crippen LogP contribution in [-0.2, 0) is 10.2 Å². The molecule has 1 aromatic rings. The third-order valence-corrected chi connectivity index (χ3v) is 4.05. The Morgan fingerprint density at radius 3 is 2.33 bits per heavy atom. The molecule has 0 saturated heterocycles. The quantitative estimate of drug-likeness (QED) is 0.723. The van der Waals surface area contributed by atoms with Crippen LogP contribution in [0.15, 0.2) is 12.1 Å². The van der Waals surface area contributed by atoms with Gasteiger partial charge in [0.15, 0.2) is 0 Å². The van der Waals surface area contributed by atoms with Crippen LogP contribution in [0.4, 0.5) is 0 Å². The normalized spacial score (nSPS) is 13.1. The van der Waals surface area contributed by atoms with Crippen molar-refractivity contribution in [2.24, 2.45) is 0 Å². The topological polar surface area (TPSA) is 26.3 Å². The maximum atomic E-state index is 11.3. The standard InChI is InChI=1S/C19H30O2/c1-8-15(10-9-14(3)20)16-11-13(2)12-17(18(16)21-7)19(4,5)6/h11-12,15H,8-10H2,1-7H3. The maximum Gasteiger partial charge on any atom is 0.129 e. The van der Waals surface area contributed by atoms with E-state index in [4.69, 9.17) is 4.74 Å². The van der Waals surface area contributed by atoms with E-state index in [1.807, 2.05) is 0 Å². The van der Waals surface area contributed by atoms with Gasteiger partial charge in [0.2, 0.25) is 0 Å². The van der Waals surface area contributed by atoms with Gasteiger partial charge in [0.1, 0.15) is 11.5 Å². The highest BCUT2D eigenvalue weighted by atomic mass is 16.5. The molecule has 0 radical (unpaired) electrons. The van der Waals surface area contributed by atoms with Gasteiger partial charge >= 0.3 is 0 Å². The summed E-state index contributed by atoms with van der Waals surface area (Å²) in [7, 11) is 1.75. The average Bonchev–Trinajstić information content (AvgIpc) is 2.37. The Bertz CT molecular complexity index is 495. The van der Waals surface area contributed by atoms with E-state index in [0.29, 0.717) is 12.3 Å². The van der Waals surface area contributed by atoms with Crippen LogP contribution in [0.3, 0.4) is 0 Å². The van der Waals surface area contributed by atoms with Gasteiger partial charge in [-0.1, -0.05) is 45.4 Å². The molecule has 1 rings (SSSR count). The second kappa shape index (κ2) is 7.11. The minimum absolute atomic E-state index is 0.0466. The van der Waals surface area contributed by atoms with Crippen molar-refractivity contribution < 1.29 is 9.53 Å². The summed E-state index contributed by atoms with van der Waals surface area (Å²) in [5.41, 5.74) is 3.81. The van der Waals surface area contributed by atoms with Gasteiger partial charge < -0.3 is 9.53 Å². The molecular weight excluding hydrogens is 260 g/mol. The van der Waals surface area contributed by atoms with E-state index in [0.717, 1.165) is 18.6 Å². The van der Waals surface area contributed by atoms with Gasteiger partial charge in [-0.3, -0.25) is 0 Å². The first kappa shape index (κ1) is 17.7. The lowest BCUT2D eigenvalue weighted by molar-refractivity contribution is -0.117. The summed E-state index contributed by atoms with van der Waals surface area (Å²) in [5.74, 6) is 1.64. The van der Waals surface area contributed by atoms with Crippen LogP contribution in [0, 0.1) is 6.92 Å². The fourth-order valence-electron chi connectivity index (χ4n) is 2.85. The highest BCUT2D eigenvalue weighted by molar-refractivity contribution is 5.75. The van der Waals surface area contributed by atoms with Gasteiger partial charge in [0.25, 0.3) is 0 Å². The van der Waals surface area contributed by atoms with Crippen molar-refractivity contribution in [1.82, 2.24) is 0 Å². The van der Waals surface area contributed by atoms with Crippen LogP contribution in [-0.4, -0.2) is 12.9 Å². The Balaban J connectivity index is 3.32. The summed E-state index contributed by atoms with van der Waals surface area (Å²) in [6, 6.07) is 4.45. The van der Waals surface area contributed by atoms with E-state index >= 15 is 0 Å². The molecule has 0 fully saturated rings. The number of carbonyl (C=O) groups is 1. The van der Waals surface area contributed by atoms with Crippen LogP contribution < -0.4 is 4.74 Å². The molecule has 1 aromatic carbocycles. The van der Waals surface area contributed by atoms with E-state index in [2.05, 4.69) is 46.8 Å². The summed E-state index contributed by atoms with van der Waals surface area (Å²) >= 11 is 0. The number of ketones is 1. The molecule has 0 aromatic heterocycles. The van der Waals surface area contributed by atoms with Gasteiger partial charge in [-0.2, -0.15) is 0 Å². The molecule has 1 unspecified atom stereocenters. The number of aryl methyl sites for hydroxylation is 1. The van der Waals surface area contributed by atoms with E-state index in [-0.39, 0.29) is 11.2 Å². The first-order valence-electron chi connectivity index (χ1n) is 7.89. The van der Waals surface area contributed by atoms with E-state index < -0.39 is 0 Å². The number of carbonyl (C=O) groups excluding carboxylic acids is 1. The zero-order valence-corrected chi connectivity index (χ0v) is 14.7. The minimum atomic E-state index is 0.0466. The smallest absolute Gasteiger partial charge is 0.129 e. The molecule has 0 amide bonds. The van der Waals surface area contributed by atoms with Crippen LogP contribution in [0.5, 0.6) is 5.75 Å². The Labute approximate surface area is 129 Å². The number of hydrogen-bond donors (Lipinski definition) is 0. The second-order valence-electron chi connectivity index (χ2n) is 7.03. The first-order valence-corrected chi connectivity index (χ1v) is 7.89. The van der Waals surface area contributed by atoms with Crippen molar-refractivity contribution in [2.75, 3.05) is 7.11 Å². The predicted octanol–water partition coefficient (Wildman–Crippen LogP) is 5.16. The van der Waals surface area contributed by atoms with Gasteiger partial charge in [0.05, 0.1) is 7.11 Å². The monoisotopic (exact) mass is 290 g/mol. The maximum absolute atomic E-state index is 11.3. The molecule has 118 valence electrons. The Hall–Kier alpha value is -1.31. The number of Topliss-reactive ketones (excluding diaryl/α,β-unsaturated/α-hetero) is 1. The van der Waals surface area contributed by atoms with Gasteiger partial charge in [-0.25, -0.2) is 0 Å². The summed E-state index contributed by atoms with van der Waals surface area (Å²) in [6.45, 7) is 12.6. The molecule has 0 aliphatic heterocycles. The Morgan fingerprint density at radius 2 is 1.90 bits per heavy atom. The minimum Gasteiger partial charge on any atom is -0.496 e. The molecule has 0 spiro atoms. The zero-order valence-electron chi connectivity index (χ0n) is 14.7. The highest BCUT2D eigenvalue weighted by Gasteiger charge is 2.24. The lowest BCUT2D eigenvalue weighted by Gasteiger charge is -2.27. The Kier molecular flexibility index (Phi) is 6.00. The summed E-state index contributed by atoms with van der Waals surface area (Å²) in [4.78, 5) is 11.3. The van der Waals surface area contributed by atoms with E-state index in [9.17, 15) is 4.79 Å². The molecule has 0 aliphatic carbocycles. The van der Waals surface area contributed by atoms with Gasteiger partial charge in [0, 0.05) is 12.0 Å². The molecule has 0 N–H and O–H groups in total. The van der Waals surface area contributed by atoms with Gasteiger partial charge in [-0.05, 0) is 43.6 Å². The van der Waals surface area contributed by atoms with Crippen molar-refractivity contribution >= 4 is 5.78 Å². The molecule has 1 atom stereocenters. The molecule has 0 heterocycles. The fourth-order valence-corrected chi connectivity index (χ4v) is 2.85. The fraction of sp³-hybridized carbons (Fsp3) is 0.632. The number of hydrogen-bond acceptors (Lipinski definition) is 2. The van der Waals surface area contributed by atoms with Crippen molar-refractivity contribution in [3.8, 4) is 5.75 Å². The molecule has 0 bridgehead atoms. The van der Waals surface area contributed by atoms with Crippen molar-refractivity contribution in [2.45, 2.75) is 72.1 Å². The average molecular weight is 290 g/mol. The van der Waals surface area contributed by atoms with Crippen LogP contribution >= 0.6 is 0 Å². The summed E-state index contributed by atoms with van der Waals surface area (Å²) in [5, 5.41) is 0. The lowest BCUT2D eigenvalue weighted by Crippen LogP contribution is -2.15. The van der Waals surface area contributed by atoms with Crippen molar-refractivity contribution in [3.63, 3.8) is 0 Å². The zero-order chi connectivity index (χ0) is 16.2. The van der Waals surface area contributed by atoms with Crippen LogP contribution in [0.25, 0.3) is 0 Å². The number of rotatable bonds is 6. The Morgan fingerprint density at radius 1 is 1.29 bits per heavy atom. The van der Waals surface area contributed by atoms with Crippen molar-refractivity contribution in [1.29, 1.82) is 0 Å².